The van der Waals surface area contributed by atoms with Crippen molar-refractivity contribution in [1.82, 2.24) is 9.97 Å². The number of benzene rings is 2. The van der Waals surface area contributed by atoms with Gasteiger partial charge in [0.2, 0.25) is 0 Å². The molecule has 7 heteroatoms. The van der Waals surface area contributed by atoms with Gasteiger partial charge in [0.05, 0.1) is 10.6 Å². The Labute approximate surface area is 174 Å². The molecule has 2 heterocycles. The van der Waals surface area contributed by atoms with E-state index in [0.717, 1.165) is 27.6 Å². The van der Waals surface area contributed by atoms with E-state index in [9.17, 15) is 13.2 Å². The zero-order valence-electron chi connectivity index (χ0n) is 16.4. The molecule has 0 unspecified atom stereocenters. The highest BCUT2D eigenvalue weighted by molar-refractivity contribution is 7.91. The van der Waals surface area contributed by atoms with Gasteiger partial charge in [0.15, 0.2) is 9.84 Å². The molecule has 0 atom stereocenters. The van der Waals surface area contributed by atoms with E-state index >= 15 is 0 Å². The lowest BCUT2D eigenvalue weighted by molar-refractivity contribution is 0.595. The molecule has 0 radical (unpaired) electrons. The number of nitrogens with zero attached hydrogens (tertiary/aromatic N) is 1. The maximum absolute atomic E-state index is 12.2. The standard InChI is InChI=1S/C23H21N3O3S/c1-2-11-30(28,29)19-6-3-15(4-7-19)18-13-21(22(24)26-14-18)16-5-8-20-17(12-16)9-10-25-23(20)27/h3-10,12-14H,2,11H2,1H3,(H2,24,26)(H,25,27). The number of nitrogens with one attached hydrogen (secondary N) is 1. The molecular formula is C23H21N3O3S. The molecule has 30 heavy (non-hydrogen) atoms. The molecule has 0 aliphatic heterocycles. The number of sulfone groups is 1. The first-order valence-electron chi connectivity index (χ1n) is 9.59. The quantitative estimate of drug-likeness (QED) is 0.508. The minimum Gasteiger partial charge on any atom is -0.383 e. The van der Waals surface area contributed by atoms with E-state index in [1.807, 2.05) is 31.2 Å². The second-order valence-electron chi connectivity index (χ2n) is 7.11. The smallest absolute Gasteiger partial charge is 0.255 e. The van der Waals surface area contributed by atoms with Crippen LogP contribution in [0.25, 0.3) is 33.0 Å². The number of nitrogens with two attached hydrogens (primary N) is 1. The van der Waals surface area contributed by atoms with E-state index in [1.54, 1.807) is 42.7 Å². The average molecular weight is 420 g/mol. The molecule has 3 N–H and O–H groups in total. The van der Waals surface area contributed by atoms with Crippen molar-refractivity contribution in [3.63, 3.8) is 0 Å². The van der Waals surface area contributed by atoms with E-state index in [0.29, 0.717) is 22.5 Å². The first-order chi connectivity index (χ1) is 14.4. The fourth-order valence-electron chi connectivity index (χ4n) is 3.47. The van der Waals surface area contributed by atoms with Crippen LogP contribution in [0.3, 0.4) is 0 Å². The van der Waals surface area contributed by atoms with Gasteiger partial charge in [-0.05, 0) is 59.3 Å². The summed E-state index contributed by atoms with van der Waals surface area (Å²) in [5.74, 6) is 0.509. The summed E-state index contributed by atoms with van der Waals surface area (Å²) in [5, 5.41) is 1.42. The normalized spacial score (nSPS) is 11.6. The number of hydrogen-bond donors (Lipinski definition) is 2. The SMILES string of the molecule is CCCS(=O)(=O)c1ccc(-c2cnc(N)c(-c3ccc4c(=O)[nH]ccc4c3)c2)cc1. The monoisotopic (exact) mass is 419 g/mol. The zero-order chi connectivity index (χ0) is 21.3. The predicted octanol–water partition coefficient (Wildman–Crippen LogP) is 4.02. The van der Waals surface area contributed by atoms with Gasteiger partial charge in [0.25, 0.3) is 5.56 Å². The second-order valence-corrected chi connectivity index (χ2v) is 9.22. The van der Waals surface area contributed by atoms with Gasteiger partial charge in [-0.2, -0.15) is 0 Å². The molecule has 0 bridgehead atoms. The summed E-state index contributed by atoms with van der Waals surface area (Å²) in [4.78, 5) is 19.2. The van der Waals surface area contributed by atoms with Crippen LogP contribution in [0.15, 0.2) is 76.7 Å². The highest BCUT2D eigenvalue weighted by Crippen LogP contribution is 2.31. The topological polar surface area (TPSA) is 106 Å². The fraction of sp³-hybridized carbons (Fsp3) is 0.130. The van der Waals surface area contributed by atoms with Gasteiger partial charge in [-0.25, -0.2) is 13.4 Å². The lowest BCUT2D eigenvalue weighted by Crippen LogP contribution is -2.05. The van der Waals surface area contributed by atoms with Crippen LogP contribution in [0.5, 0.6) is 0 Å². The van der Waals surface area contributed by atoms with E-state index in [4.69, 9.17) is 5.73 Å². The minimum atomic E-state index is -3.26. The summed E-state index contributed by atoms with van der Waals surface area (Å²) in [6.45, 7) is 1.84. The number of anilines is 1. The van der Waals surface area contributed by atoms with E-state index < -0.39 is 9.84 Å². The lowest BCUT2D eigenvalue weighted by atomic mass is 9.99. The lowest BCUT2D eigenvalue weighted by Gasteiger charge is -2.10. The molecule has 4 aromatic rings. The van der Waals surface area contributed by atoms with E-state index in [-0.39, 0.29) is 11.3 Å². The number of H-pyrrole nitrogens is 1. The van der Waals surface area contributed by atoms with Gasteiger partial charge in [0.1, 0.15) is 5.82 Å². The molecule has 0 amide bonds. The number of fused-ring (bicyclic) bond motifs is 1. The van der Waals surface area contributed by atoms with Crippen LogP contribution >= 0.6 is 0 Å². The van der Waals surface area contributed by atoms with Gasteiger partial charge < -0.3 is 10.7 Å². The maximum atomic E-state index is 12.2. The molecule has 152 valence electrons. The first kappa shape index (κ1) is 19.8. The highest BCUT2D eigenvalue weighted by atomic mass is 32.2. The minimum absolute atomic E-state index is 0.130. The molecule has 0 spiro atoms. The third-order valence-electron chi connectivity index (χ3n) is 5.02. The number of aromatic nitrogens is 2. The molecule has 2 aromatic carbocycles. The molecule has 2 aromatic heterocycles. The fourth-order valence-corrected chi connectivity index (χ4v) is 4.79. The van der Waals surface area contributed by atoms with Crippen molar-refractivity contribution >= 4 is 26.4 Å². The van der Waals surface area contributed by atoms with Crippen LogP contribution in [-0.2, 0) is 9.84 Å². The van der Waals surface area contributed by atoms with Crippen LogP contribution in [0.4, 0.5) is 5.82 Å². The Balaban J connectivity index is 1.75. The van der Waals surface area contributed by atoms with Gasteiger partial charge in [-0.1, -0.05) is 25.1 Å². The molecular weight excluding hydrogens is 398 g/mol. The molecule has 4 rings (SSSR count). The van der Waals surface area contributed by atoms with Crippen molar-refractivity contribution in [1.29, 1.82) is 0 Å². The number of pyridine rings is 2. The van der Waals surface area contributed by atoms with Gasteiger partial charge in [0, 0.05) is 28.9 Å². The van der Waals surface area contributed by atoms with Gasteiger partial charge >= 0.3 is 0 Å². The summed E-state index contributed by atoms with van der Waals surface area (Å²) in [6, 6.07) is 16.1. The Morgan fingerprint density at radius 2 is 1.70 bits per heavy atom. The van der Waals surface area contributed by atoms with Crippen LogP contribution in [0.1, 0.15) is 13.3 Å². The van der Waals surface area contributed by atoms with Crippen LogP contribution in [0, 0.1) is 0 Å². The van der Waals surface area contributed by atoms with Crippen molar-refractivity contribution in [2.45, 2.75) is 18.2 Å². The summed E-state index contributed by atoms with van der Waals surface area (Å²) in [7, 11) is -3.26. The Bertz CT molecular complexity index is 1390. The van der Waals surface area contributed by atoms with E-state index in [2.05, 4.69) is 9.97 Å². The summed E-state index contributed by atoms with van der Waals surface area (Å²) in [6.07, 6.45) is 3.85. The highest BCUT2D eigenvalue weighted by Gasteiger charge is 2.14. The number of rotatable bonds is 5. The van der Waals surface area contributed by atoms with Gasteiger partial charge in [-0.15, -0.1) is 0 Å². The number of aromatic amines is 1. The molecule has 6 nitrogen and oxygen atoms in total. The van der Waals surface area contributed by atoms with Crippen molar-refractivity contribution in [2.75, 3.05) is 11.5 Å². The number of nitrogen functional groups attached to an aromatic ring is 1. The van der Waals surface area contributed by atoms with Crippen LogP contribution < -0.4 is 11.3 Å². The molecule has 0 fully saturated rings. The Morgan fingerprint density at radius 1 is 0.967 bits per heavy atom. The average Bonchev–Trinajstić information content (AvgIpc) is 2.74. The molecule has 0 saturated heterocycles. The van der Waals surface area contributed by atoms with Crippen molar-refractivity contribution < 1.29 is 8.42 Å². The van der Waals surface area contributed by atoms with Gasteiger partial charge in [-0.3, -0.25) is 4.79 Å². The predicted molar refractivity (Wildman–Crippen MR) is 120 cm³/mol. The van der Waals surface area contributed by atoms with Crippen molar-refractivity contribution in [3.8, 4) is 22.3 Å². The number of hydrogen-bond acceptors (Lipinski definition) is 5. The summed E-state index contributed by atoms with van der Waals surface area (Å²) in [5.41, 5.74) is 9.25. The Hall–Kier alpha value is -3.45. The van der Waals surface area contributed by atoms with Crippen LogP contribution in [-0.4, -0.2) is 24.1 Å². The van der Waals surface area contributed by atoms with Crippen LogP contribution in [0.2, 0.25) is 0 Å². The van der Waals surface area contributed by atoms with Crippen molar-refractivity contribution in [3.05, 3.63) is 77.3 Å². The molecule has 0 aliphatic rings. The summed E-state index contributed by atoms with van der Waals surface area (Å²) >= 11 is 0. The maximum Gasteiger partial charge on any atom is 0.255 e. The van der Waals surface area contributed by atoms with E-state index in [1.165, 1.54) is 0 Å². The zero-order valence-corrected chi connectivity index (χ0v) is 17.2. The van der Waals surface area contributed by atoms with Crippen molar-refractivity contribution in [2.24, 2.45) is 0 Å². The Kier molecular flexibility index (Phi) is 5.13. The third kappa shape index (κ3) is 3.71. The summed E-state index contributed by atoms with van der Waals surface area (Å²) < 4.78 is 24.5. The third-order valence-corrected chi connectivity index (χ3v) is 6.96. The molecule has 0 aliphatic carbocycles. The molecule has 0 saturated carbocycles. The second kappa shape index (κ2) is 7.76. The Morgan fingerprint density at radius 3 is 2.43 bits per heavy atom. The first-order valence-corrected chi connectivity index (χ1v) is 11.2. The largest absolute Gasteiger partial charge is 0.383 e.